The van der Waals surface area contributed by atoms with E-state index in [2.05, 4.69) is 50.4 Å². The fourth-order valence-corrected chi connectivity index (χ4v) is 2.83. The molecule has 1 N–H and O–H groups in total. The number of carbonyl (C=O) groups is 1. The second-order valence-electron chi connectivity index (χ2n) is 5.15. The molecule has 3 heteroatoms. The summed E-state index contributed by atoms with van der Waals surface area (Å²) >= 11 is 0. The molecule has 1 heterocycles. The Bertz CT molecular complexity index is 423. The first kappa shape index (κ1) is 14.1. The van der Waals surface area contributed by atoms with Crippen LogP contribution in [0.2, 0.25) is 0 Å². The molecule has 19 heavy (non-hydrogen) atoms. The van der Waals surface area contributed by atoms with Crippen molar-refractivity contribution in [3.05, 3.63) is 35.4 Å². The van der Waals surface area contributed by atoms with Gasteiger partial charge in [0.25, 0.3) is 0 Å². The molecule has 0 bridgehead atoms. The van der Waals surface area contributed by atoms with Crippen LogP contribution in [0.25, 0.3) is 0 Å². The molecular formula is C16H24N2O. The zero-order valence-electron chi connectivity index (χ0n) is 12.1. The van der Waals surface area contributed by atoms with Crippen LogP contribution < -0.4 is 5.32 Å². The van der Waals surface area contributed by atoms with E-state index in [4.69, 9.17) is 0 Å². The van der Waals surface area contributed by atoms with Crippen molar-refractivity contribution in [3.63, 3.8) is 0 Å². The number of amides is 1. The summed E-state index contributed by atoms with van der Waals surface area (Å²) in [5.74, 6) is 0.221. The highest BCUT2D eigenvalue weighted by atomic mass is 16.2. The lowest BCUT2D eigenvalue weighted by molar-refractivity contribution is -0.130. The Morgan fingerprint density at radius 3 is 2.37 bits per heavy atom. The van der Waals surface area contributed by atoms with Crippen LogP contribution in [0.15, 0.2) is 24.3 Å². The number of aryl methyl sites for hydroxylation is 1. The average Bonchev–Trinajstić information content (AvgIpc) is 2.83. The van der Waals surface area contributed by atoms with Crippen molar-refractivity contribution in [2.75, 3.05) is 6.54 Å². The fourth-order valence-electron chi connectivity index (χ4n) is 2.83. The highest BCUT2D eigenvalue weighted by Gasteiger charge is 2.35. The van der Waals surface area contributed by atoms with Crippen molar-refractivity contribution in [1.82, 2.24) is 10.2 Å². The molecule has 1 aromatic carbocycles. The minimum absolute atomic E-state index is 0.0447. The van der Waals surface area contributed by atoms with E-state index in [-0.39, 0.29) is 12.1 Å². The summed E-state index contributed by atoms with van der Waals surface area (Å²) in [7, 11) is 0. The van der Waals surface area contributed by atoms with Crippen LogP contribution in [-0.4, -0.2) is 23.4 Å². The second-order valence-corrected chi connectivity index (χ2v) is 5.15. The van der Waals surface area contributed by atoms with Crippen molar-refractivity contribution in [1.29, 1.82) is 0 Å². The largest absolute Gasteiger partial charge is 0.319 e. The van der Waals surface area contributed by atoms with Gasteiger partial charge in [-0.3, -0.25) is 10.1 Å². The fraction of sp³-hybridized carbons (Fsp3) is 0.562. The molecular weight excluding hydrogens is 236 g/mol. The molecule has 3 nitrogen and oxygen atoms in total. The molecule has 1 atom stereocenters. The van der Waals surface area contributed by atoms with Crippen LogP contribution in [-0.2, 0) is 11.2 Å². The van der Waals surface area contributed by atoms with Gasteiger partial charge < -0.3 is 4.90 Å². The van der Waals surface area contributed by atoms with E-state index < -0.39 is 0 Å². The predicted molar refractivity (Wildman–Crippen MR) is 77.8 cm³/mol. The molecule has 1 saturated heterocycles. The van der Waals surface area contributed by atoms with E-state index in [1.54, 1.807) is 0 Å². The van der Waals surface area contributed by atoms with Crippen LogP contribution in [0.3, 0.4) is 0 Å². The first-order chi connectivity index (χ1) is 9.21. The summed E-state index contributed by atoms with van der Waals surface area (Å²) in [4.78, 5) is 14.1. The van der Waals surface area contributed by atoms with Crippen molar-refractivity contribution >= 4 is 5.91 Å². The average molecular weight is 260 g/mol. The van der Waals surface area contributed by atoms with Gasteiger partial charge in [0.2, 0.25) is 5.91 Å². The Hall–Kier alpha value is -1.35. The molecule has 1 amide bonds. The van der Waals surface area contributed by atoms with Crippen LogP contribution in [0, 0.1) is 0 Å². The van der Waals surface area contributed by atoms with Crippen LogP contribution in [0.1, 0.15) is 50.9 Å². The maximum Gasteiger partial charge on any atom is 0.238 e. The standard InChI is InChI=1S/C16H24N2O/c1-4-12-7-9-13(10-8-12)16-17-11-15(19)18(16)14(5-2)6-3/h7-10,14,16-17H,4-6,11H2,1-3H3. The first-order valence-corrected chi connectivity index (χ1v) is 7.34. The summed E-state index contributed by atoms with van der Waals surface area (Å²) in [5.41, 5.74) is 2.53. The summed E-state index contributed by atoms with van der Waals surface area (Å²) in [6, 6.07) is 8.93. The summed E-state index contributed by atoms with van der Waals surface area (Å²) in [5, 5.41) is 3.34. The molecule has 0 aromatic heterocycles. The molecule has 0 spiro atoms. The Labute approximate surface area is 116 Å². The van der Waals surface area contributed by atoms with Crippen LogP contribution in [0.5, 0.6) is 0 Å². The summed E-state index contributed by atoms with van der Waals surface area (Å²) in [6.45, 7) is 6.91. The van der Waals surface area contributed by atoms with Gasteiger partial charge in [0, 0.05) is 6.04 Å². The van der Waals surface area contributed by atoms with Crippen molar-refractivity contribution < 1.29 is 4.79 Å². The number of nitrogens with zero attached hydrogens (tertiary/aromatic N) is 1. The quantitative estimate of drug-likeness (QED) is 0.883. The number of hydrogen-bond donors (Lipinski definition) is 1. The lowest BCUT2D eigenvalue weighted by atomic mass is 10.0. The molecule has 2 rings (SSSR count). The van der Waals surface area contributed by atoms with E-state index in [1.807, 2.05) is 4.90 Å². The summed E-state index contributed by atoms with van der Waals surface area (Å²) in [6.07, 6.45) is 3.11. The minimum atomic E-state index is 0.0447. The molecule has 0 aliphatic carbocycles. The van der Waals surface area contributed by atoms with Gasteiger partial charge in [0.1, 0.15) is 6.17 Å². The molecule has 0 saturated carbocycles. The predicted octanol–water partition coefficient (Wildman–Crippen LogP) is 2.87. The highest BCUT2D eigenvalue weighted by molar-refractivity contribution is 5.81. The van der Waals surface area contributed by atoms with Gasteiger partial charge in [-0.25, -0.2) is 0 Å². The van der Waals surface area contributed by atoms with E-state index >= 15 is 0 Å². The van der Waals surface area contributed by atoms with E-state index in [9.17, 15) is 4.79 Å². The molecule has 1 aliphatic rings. The maximum absolute atomic E-state index is 12.1. The van der Waals surface area contributed by atoms with Gasteiger partial charge in [0.15, 0.2) is 0 Å². The number of hydrogen-bond acceptors (Lipinski definition) is 2. The first-order valence-electron chi connectivity index (χ1n) is 7.34. The molecule has 0 radical (unpaired) electrons. The molecule has 1 fully saturated rings. The number of nitrogens with one attached hydrogen (secondary N) is 1. The van der Waals surface area contributed by atoms with Gasteiger partial charge in [-0.15, -0.1) is 0 Å². The molecule has 104 valence electrons. The number of rotatable bonds is 5. The van der Waals surface area contributed by atoms with E-state index in [0.717, 1.165) is 19.3 Å². The van der Waals surface area contributed by atoms with Crippen LogP contribution in [0.4, 0.5) is 0 Å². The number of benzene rings is 1. The Balaban J connectivity index is 2.23. The lowest BCUT2D eigenvalue weighted by Gasteiger charge is -2.32. The SMILES string of the molecule is CCc1ccc(C2NCC(=O)N2C(CC)CC)cc1. The number of carbonyl (C=O) groups excluding carboxylic acids is 1. The van der Waals surface area contributed by atoms with Crippen molar-refractivity contribution in [2.45, 2.75) is 52.2 Å². The Morgan fingerprint density at radius 2 is 1.84 bits per heavy atom. The van der Waals surface area contributed by atoms with Crippen LogP contribution >= 0.6 is 0 Å². The highest BCUT2D eigenvalue weighted by Crippen LogP contribution is 2.27. The molecule has 1 aliphatic heterocycles. The molecule has 1 unspecified atom stereocenters. The van der Waals surface area contributed by atoms with Gasteiger partial charge >= 0.3 is 0 Å². The third kappa shape index (κ3) is 2.81. The van der Waals surface area contributed by atoms with Gasteiger partial charge in [-0.05, 0) is 30.4 Å². The smallest absolute Gasteiger partial charge is 0.238 e. The van der Waals surface area contributed by atoms with Crippen molar-refractivity contribution in [3.8, 4) is 0 Å². The third-order valence-corrected chi connectivity index (χ3v) is 4.05. The van der Waals surface area contributed by atoms with Gasteiger partial charge in [-0.2, -0.15) is 0 Å². The molecule has 1 aromatic rings. The zero-order chi connectivity index (χ0) is 13.8. The topological polar surface area (TPSA) is 32.3 Å². The maximum atomic E-state index is 12.1. The van der Waals surface area contributed by atoms with E-state index in [1.165, 1.54) is 11.1 Å². The van der Waals surface area contributed by atoms with E-state index in [0.29, 0.717) is 12.6 Å². The Kier molecular flexibility index (Phi) is 4.59. The third-order valence-electron chi connectivity index (χ3n) is 4.05. The Morgan fingerprint density at radius 1 is 1.21 bits per heavy atom. The summed E-state index contributed by atoms with van der Waals surface area (Å²) < 4.78 is 0. The minimum Gasteiger partial charge on any atom is -0.319 e. The van der Waals surface area contributed by atoms with Crippen molar-refractivity contribution in [2.24, 2.45) is 0 Å². The van der Waals surface area contributed by atoms with Gasteiger partial charge in [-0.1, -0.05) is 45.0 Å². The second kappa shape index (κ2) is 6.20. The van der Waals surface area contributed by atoms with Gasteiger partial charge in [0.05, 0.1) is 6.54 Å². The zero-order valence-corrected chi connectivity index (χ0v) is 12.1. The lowest BCUT2D eigenvalue weighted by Crippen LogP contribution is -2.39. The monoisotopic (exact) mass is 260 g/mol. The normalized spacial score (nSPS) is 19.5.